The molecule has 2 aliphatic heterocycles. The summed E-state index contributed by atoms with van der Waals surface area (Å²) in [7, 11) is 0. The molecule has 2 heterocycles. The van der Waals surface area contributed by atoms with Crippen LogP contribution in [0, 0.1) is 23.1 Å². The Morgan fingerprint density at radius 1 is 1.07 bits per heavy atom. The summed E-state index contributed by atoms with van der Waals surface area (Å²) < 4.78 is 13.0. The Kier molecular flexibility index (Phi) is 4.40. The molecule has 0 bridgehead atoms. The Balaban J connectivity index is 1.44. The van der Waals surface area contributed by atoms with Crippen LogP contribution in [0.25, 0.3) is 0 Å². The Bertz CT molecular complexity index is 777. The maximum absolute atomic E-state index is 13.0. The first-order chi connectivity index (χ1) is 12.9. The molecule has 0 radical (unpaired) electrons. The zero-order chi connectivity index (χ0) is 19.2. The molecule has 7 heteroatoms. The van der Waals surface area contributed by atoms with Gasteiger partial charge in [-0.15, -0.1) is 0 Å². The number of carbonyl (C=O) groups excluding carboxylic acids is 2. The maximum Gasteiger partial charge on any atom is 0.313 e. The Morgan fingerprint density at radius 2 is 1.70 bits per heavy atom. The molecule has 1 saturated carbocycles. The van der Waals surface area contributed by atoms with E-state index in [-0.39, 0.29) is 49.0 Å². The molecule has 3 aliphatic rings. The van der Waals surface area contributed by atoms with E-state index in [4.69, 9.17) is 0 Å². The lowest BCUT2D eigenvalue weighted by Crippen LogP contribution is -2.45. The van der Waals surface area contributed by atoms with Crippen LogP contribution in [0.15, 0.2) is 24.3 Å². The SMILES string of the molecule is O=C(Cc1ccc(F)cc1)N1C[C@H]2CN(C(=O)C3CCC3)C[C@@]2(C(=O)O)C1. The minimum Gasteiger partial charge on any atom is -0.481 e. The molecule has 1 aromatic carbocycles. The molecule has 144 valence electrons. The monoisotopic (exact) mass is 374 g/mol. The number of nitrogens with zero attached hydrogens (tertiary/aromatic N) is 2. The van der Waals surface area contributed by atoms with Gasteiger partial charge in [0.05, 0.1) is 6.42 Å². The van der Waals surface area contributed by atoms with Crippen molar-refractivity contribution in [2.75, 3.05) is 26.2 Å². The first-order valence-corrected chi connectivity index (χ1v) is 9.43. The van der Waals surface area contributed by atoms with Crippen molar-refractivity contribution >= 4 is 17.8 Å². The van der Waals surface area contributed by atoms with Crippen molar-refractivity contribution < 1.29 is 23.9 Å². The van der Waals surface area contributed by atoms with E-state index in [2.05, 4.69) is 0 Å². The van der Waals surface area contributed by atoms with E-state index in [0.717, 1.165) is 19.3 Å². The topological polar surface area (TPSA) is 77.9 Å². The Labute approximate surface area is 156 Å². The summed E-state index contributed by atoms with van der Waals surface area (Å²) in [5.41, 5.74) is -0.373. The van der Waals surface area contributed by atoms with Crippen molar-refractivity contribution in [2.45, 2.75) is 25.7 Å². The van der Waals surface area contributed by atoms with Gasteiger partial charge >= 0.3 is 5.97 Å². The van der Waals surface area contributed by atoms with Crippen LogP contribution in [0.5, 0.6) is 0 Å². The Hall–Kier alpha value is -2.44. The van der Waals surface area contributed by atoms with Crippen LogP contribution in [0.2, 0.25) is 0 Å². The molecule has 1 N–H and O–H groups in total. The van der Waals surface area contributed by atoms with Gasteiger partial charge in [0.15, 0.2) is 0 Å². The number of hydrogen-bond donors (Lipinski definition) is 1. The van der Waals surface area contributed by atoms with Crippen LogP contribution in [0.4, 0.5) is 4.39 Å². The van der Waals surface area contributed by atoms with E-state index in [9.17, 15) is 23.9 Å². The normalized spacial score (nSPS) is 27.4. The minimum absolute atomic E-state index is 0.0471. The molecular formula is C20H23FN2O4. The second-order valence-electron chi connectivity index (χ2n) is 8.08. The highest BCUT2D eigenvalue weighted by Gasteiger charge is 2.59. The molecule has 1 aliphatic carbocycles. The van der Waals surface area contributed by atoms with E-state index in [1.807, 2.05) is 0 Å². The van der Waals surface area contributed by atoms with Gasteiger partial charge in [-0.2, -0.15) is 0 Å². The highest BCUT2D eigenvalue weighted by Crippen LogP contribution is 2.44. The average Bonchev–Trinajstić information content (AvgIpc) is 3.11. The number of hydrogen-bond acceptors (Lipinski definition) is 3. The number of halogens is 1. The third-order valence-electron chi connectivity index (χ3n) is 6.42. The van der Waals surface area contributed by atoms with E-state index in [1.165, 1.54) is 12.1 Å². The largest absolute Gasteiger partial charge is 0.481 e. The summed E-state index contributed by atoms with van der Waals surface area (Å²) in [6.45, 7) is 1.06. The lowest BCUT2D eigenvalue weighted by molar-refractivity contribution is -0.149. The average molecular weight is 374 g/mol. The zero-order valence-electron chi connectivity index (χ0n) is 15.1. The number of fused-ring (bicyclic) bond motifs is 1. The number of likely N-dealkylation sites (tertiary alicyclic amines) is 2. The third kappa shape index (κ3) is 3.09. The molecule has 3 fully saturated rings. The first kappa shape index (κ1) is 17.9. The van der Waals surface area contributed by atoms with Gasteiger partial charge in [0.1, 0.15) is 11.2 Å². The fourth-order valence-electron chi connectivity index (χ4n) is 4.53. The second kappa shape index (κ2) is 6.62. The van der Waals surface area contributed by atoms with Crippen molar-refractivity contribution in [2.24, 2.45) is 17.3 Å². The zero-order valence-corrected chi connectivity index (χ0v) is 15.1. The van der Waals surface area contributed by atoms with Crippen molar-refractivity contribution in [3.63, 3.8) is 0 Å². The van der Waals surface area contributed by atoms with Gasteiger partial charge in [-0.1, -0.05) is 18.6 Å². The molecule has 2 atom stereocenters. The molecule has 6 nitrogen and oxygen atoms in total. The van der Waals surface area contributed by atoms with Crippen LogP contribution in [0.3, 0.4) is 0 Å². The van der Waals surface area contributed by atoms with Gasteiger partial charge in [-0.3, -0.25) is 14.4 Å². The molecule has 0 aromatic heterocycles. The predicted molar refractivity (Wildman–Crippen MR) is 94.2 cm³/mol. The van der Waals surface area contributed by atoms with E-state index < -0.39 is 11.4 Å². The number of carboxylic acids is 1. The maximum atomic E-state index is 13.0. The number of benzene rings is 1. The smallest absolute Gasteiger partial charge is 0.313 e. The van der Waals surface area contributed by atoms with Gasteiger partial charge in [0.2, 0.25) is 11.8 Å². The summed E-state index contributed by atoms with van der Waals surface area (Å²) >= 11 is 0. The Morgan fingerprint density at radius 3 is 2.26 bits per heavy atom. The molecule has 27 heavy (non-hydrogen) atoms. The second-order valence-corrected chi connectivity index (χ2v) is 8.08. The standard InChI is InChI=1S/C20H23FN2O4/c21-16-6-4-13(5-7-16)8-17(24)22-9-15-10-23(18(25)14-2-1-3-14)12-20(15,11-22)19(26)27/h4-7,14-15H,1-3,8-12H2,(H,26,27)/t15-,20-/m0/s1. The first-order valence-electron chi connectivity index (χ1n) is 9.43. The predicted octanol–water partition coefficient (Wildman–Crippen LogP) is 1.54. The number of carbonyl (C=O) groups is 3. The molecule has 0 spiro atoms. The molecule has 2 amide bonds. The number of rotatable bonds is 4. The van der Waals surface area contributed by atoms with Gasteiger partial charge < -0.3 is 14.9 Å². The third-order valence-corrected chi connectivity index (χ3v) is 6.42. The fraction of sp³-hybridized carbons (Fsp3) is 0.550. The van der Waals surface area contributed by atoms with Gasteiger partial charge in [0.25, 0.3) is 0 Å². The van der Waals surface area contributed by atoms with Crippen molar-refractivity contribution in [3.05, 3.63) is 35.6 Å². The summed E-state index contributed by atoms with van der Waals surface area (Å²) in [6, 6.07) is 5.75. The van der Waals surface area contributed by atoms with E-state index >= 15 is 0 Å². The van der Waals surface area contributed by atoms with Crippen molar-refractivity contribution in [1.82, 2.24) is 9.80 Å². The summed E-state index contributed by atoms with van der Waals surface area (Å²) in [5.74, 6) is -1.58. The minimum atomic E-state index is -1.07. The van der Waals surface area contributed by atoms with Crippen LogP contribution >= 0.6 is 0 Å². The lowest BCUT2D eigenvalue weighted by atomic mass is 9.81. The van der Waals surface area contributed by atoms with E-state index in [1.54, 1.807) is 21.9 Å². The highest BCUT2D eigenvalue weighted by molar-refractivity contribution is 5.85. The van der Waals surface area contributed by atoms with Gasteiger partial charge in [-0.25, -0.2) is 4.39 Å². The van der Waals surface area contributed by atoms with Crippen molar-refractivity contribution in [3.8, 4) is 0 Å². The summed E-state index contributed by atoms with van der Waals surface area (Å²) in [4.78, 5) is 40.5. The molecule has 4 rings (SSSR count). The fourth-order valence-corrected chi connectivity index (χ4v) is 4.53. The van der Waals surface area contributed by atoms with Crippen molar-refractivity contribution in [1.29, 1.82) is 0 Å². The molecule has 2 saturated heterocycles. The van der Waals surface area contributed by atoms with Gasteiger partial charge in [-0.05, 0) is 30.5 Å². The molecular weight excluding hydrogens is 351 g/mol. The summed E-state index contributed by atoms with van der Waals surface area (Å²) in [6.07, 6.45) is 2.96. The molecule has 1 aromatic rings. The molecule has 0 unspecified atom stereocenters. The number of carboxylic acid groups (broad SMARTS) is 1. The van der Waals surface area contributed by atoms with E-state index in [0.29, 0.717) is 18.7 Å². The van der Waals surface area contributed by atoms with Crippen LogP contribution < -0.4 is 0 Å². The van der Waals surface area contributed by atoms with Crippen LogP contribution in [-0.4, -0.2) is 58.9 Å². The quantitative estimate of drug-likeness (QED) is 0.867. The highest BCUT2D eigenvalue weighted by atomic mass is 19.1. The van der Waals surface area contributed by atoms with Crippen LogP contribution in [0.1, 0.15) is 24.8 Å². The number of aliphatic carboxylic acids is 1. The van der Waals surface area contributed by atoms with Crippen LogP contribution in [-0.2, 0) is 20.8 Å². The van der Waals surface area contributed by atoms with Gasteiger partial charge in [0, 0.05) is 38.0 Å². The summed E-state index contributed by atoms with van der Waals surface area (Å²) in [5, 5.41) is 9.89. The lowest BCUT2D eigenvalue weighted by Gasteiger charge is -2.31. The number of amides is 2.